The Bertz CT molecular complexity index is 654. The minimum Gasteiger partial charge on any atom is -0.376 e. The van der Waals surface area contributed by atoms with Gasteiger partial charge in [0.05, 0.1) is 12.2 Å². The van der Waals surface area contributed by atoms with Gasteiger partial charge in [0.25, 0.3) is 0 Å². The predicted octanol–water partition coefficient (Wildman–Crippen LogP) is 5.41. The molecule has 1 aliphatic carbocycles. The molecule has 0 radical (unpaired) electrons. The number of benzene rings is 1. The van der Waals surface area contributed by atoms with Crippen LogP contribution in [0.5, 0.6) is 0 Å². The summed E-state index contributed by atoms with van der Waals surface area (Å²) in [5, 5.41) is 6.87. The molecule has 140 valence electrons. The maximum Gasteiger partial charge on any atom is 0.245 e. The van der Waals surface area contributed by atoms with Crippen LogP contribution in [0.3, 0.4) is 0 Å². The number of hydrogen-bond acceptors (Lipinski definition) is 4. The smallest absolute Gasteiger partial charge is 0.245 e. The van der Waals surface area contributed by atoms with Gasteiger partial charge in [0.15, 0.2) is 5.13 Å². The molecule has 1 amide bonds. The molecule has 26 heavy (non-hydrogen) atoms. The summed E-state index contributed by atoms with van der Waals surface area (Å²) in [6.45, 7) is 0.258. The highest BCUT2D eigenvalue weighted by Crippen LogP contribution is 2.27. The fraction of sp³-hybridized carbons (Fsp3) is 0.524. The highest BCUT2D eigenvalue weighted by molar-refractivity contribution is 7.15. The molecule has 0 atom stereocenters. The third-order valence-corrected chi connectivity index (χ3v) is 5.89. The molecule has 0 spiro atoms. The number of nitrogens with zero attached hydrogens (tertiary/aromatic N) is 1. The van der Waals surface area contributed by atoms with Crippen LogP contribution in [0, 0.1) is 0 Å². The Balaban J connectivity index is 1.56. The van der Waals surface area contributed by atoms with E-state index in [4.69, 9.17) is 4.98 Å². The molecule has 1 aromatic heterocycles. The number of aryl methyl sites for hydroxylation is 2. The normalized spacial score (nSPS) is 16.0. The van der Waals surface area contributed by atoms with E-state index >= 15 is 0 Å². The van der Waals surface area contributed by atoms with Crippen LogP contribution in [-0.4, -0.2) is 17.4 Å². The van der Waals surface area contributed by atoms with Crippen LogP contribution < -0.4 is 10.6 Å². The Morgan fingerprint density at radius 3 is 2.31 bits per heavy atom. The molecule has 0 bridgehead atoms. The molecule has 4 nitrogen and oxygen atoms in total. The summed E-state index contributed by atoms with van der Waals surface area (Å²) in [5.74, 6) is -0.0429. The van der Waals surface area contributed by atoms with Crippen LogP contribution in [0.2, 0.25) is 0 Å². The van der Waals surface area contributed by atoms with Gasteiger partial charge in [0.2, 0.25) is 5.91 Å². The van der Waals surface area contributed by atoms with Gasteiger partial charge in [-0.1, -0.05) is 56.7 Å². The summed E-state index contributed by atoms with van der Waals surface area (Å²) in [6.07, 6.45) is 12.6. The first-order valence-corrected chi connectivity index (χ1v) is 10.7. The summed E-state index contributed by atoms with van der Waals surface area (Å²) < 4.78 is 0. The monoisotopic (exact) mass is 371 g/mol. The SMILES string of the molecule is O=C(CNc1ccccc1)Nc1nc2c(s1)CCCCCCCCCC2. The quantitative estimate of drug-likeness (QED) is 0.755. The van der Waals surface area contributed by atoms with Gasteiger partial charge in [-0.25, -0.2) is 4.98 Å². The zero-order valence-electron chi connectivity index (χ0n) is 15.4. The number of hydrogen-bond donors (Lipinski definition) is 2. The number of para-hydroxylation sites is 1. The van der Waals surface area contributed by atoms with E-state index in [-0.39, 0.29) is 12.5 Å². The average Bonchev–Trinajstić information content (AvgIpc) is 3.02. The summed E-state index contributed by atoms with van der Waals surface area (Å²) in [7, 11) is 0. The molecule has 1 heterocycles. The lowest BCUT2D eigenvalue weighted by Gasteiger charge is -2.06. The minimum atomic E-state index is -0.0429. The number of aromatic nitrogens is 1. The molecule has 1 aromatic carbocycles. The number of thiazole rings is 1. The van der Waals surface area contributed by atoms with Gasteiger partial charge in [-0.2, -0.15) is 0 Å². The first-order chi connectivity index (χ1) is 12.8. The number of fused-ring (bicyclic) bond motifs is 1. The zero-order chi connectivity index (χ0) is 18.0. The number of carbonyl (C=O) groups is 1. The minimum absolute atomic E-state index is 0.0429. The van der Waals surface area contributed by atoms with Crippen molar-refractivity contribution in [1.82, 2.24) is 4.98 Å². The van der Waals surface area contributed by atoms with E-state index in [0.29, 0.717) is 0 Å². The van der Waals surface area contributed by atoms with Crippen molar-refractivity contribution >= 4 is 28.1 Å². The molecule has 2 aromatic rings. The summed E-state index contributed by atoms with van der Waals surface area (Å²) >= 11 is 1.67. The standard InChI is InChI=1S/C21H29N3OS/c25-20(16-22-17-12-8-7-9-13-17)24-21-23-18-14-10-5-3-1-2-4-6-11-15-19(18)26-21/h7-9,12-13,22H,1-6,10-11,14-16H2,(H,23,24,25). The Labute approximate surface area is 160 Å². The van der Waals surface area contributed by atoms with Crippen molar-refractivity contribution in [2.75, 3.05) is 17.2 Å². The number of amides is 1. The van der Waals surface area contributed by atoms with Gasteiger partial charge >= 0.3 is 0 Å². The number of carbonyl (C=O) groups excluding carboxylic acids is 1. The van der Waals surface area contributed by atoms with Crippen molar-refractivity contribution in [2.24, 2.45) is 0 Å². The van der Waals surface area contributed by atoms with Crippen LogP contribution in [0.1, 0.15) is 61.9 Å². The highest BCUT2D eigenvalue weighted by atomic mass is 32.1. The van der Waals surface area contributed by atoms with Crippen molar-refractivity contribution < 1.29 is 4.79 Å². The molecule has 1 aliphatic rings. The topological polar surface area (TPSA) is 54.0 Å². The fourth-order valence-electron chi connectivity index (χ4n) is 3.37. The van der Waals surface area contributed by atoms with Crippen LogP contribution in [-0.2, 0) is 17.6 Å². The second-order valence-electron chi connectivity index (χ2n) is 6.99. The number of rotatable bonds is 4. The van der Waals surface area contributed by atoms with E-state index in [2.05, 4.69) is 10.6 Å². The van der Waals surface area contributed by atoms with Crippen molar-refractivity contribution in [1.29, 1.82) is 0 Å². The first kappa shape index (κ1) is 18.9. The molecule has 0 saturated carbocycles. The van der Waals surface area contributed by atoms with Crippen molar-refractivity contribution in [3.05, 3.63) is 40.9 Å². The predicted molar refractivity (Wildman–Crippen MR) is 110 cm³/mol. The summed E-state index contributed by atoms with van der Waals surface area (Å²) in [4.78, 5) is 18.3. The van der Waals surface area contributed by atoms with Gasteiger partial charge in [-0.05, 0) is 37.8 Å². The lowest BCUT2D eigenvalue weighted by Crippen LogP contribution is -2.21. The third-order valence-electron chi connectivity index (χ3n) is 4.82. The number of nitrogens with one attached hydrogen (secondary N) is 2. The van der Waals surface area contributed by atoms with E-state index in [0.717, 1.165) is 23.7 Å². The zero-order valence-corrected chi connectivity index (χ0v) is 16.2. The Kier molecular flexibility index (Phi) is 7.50. The maximum atomic E-state index is 12.2. The van der Waals surface area contributed by atoms with E-state index in [1.54, 1.807) is 11.3 Å². The molecule has 2 N–H and O–H groups in total. The lowest BCUT2D eigenvalue weighted by atomic mass is 10.0. The lowest BCUT2D eigenvalue weighted by molar-refractivity contribution is -0.114. The van der Waals surface area contributed by atoms with Gasteiger partial charge < -0.3 is 10.6 Å². The summed E-state index contributed by atoms with van der Waals surface area (Å²) in [5.41, 5.74) is 2.16. The van der Waals surface area contributed by atoms with Crippen LogP contribution in [0.25, 0.3) is 0 Å². The second kappa shape index (κ2) is 10.3. The Morgan fingerprint density at radius 1 is 0.923 bits per heavy atom. The molecular weight excluding hydrogens is 342 g/mol. The van der Waals surface area contributed by atoms with E-state index in [9.17, 15) is 4.79 Å². The van der Waals surface area contributed by atoms with Crippen LogP contribution in [0.4, 0.5) is 10.8 Å². The second-order valence-corrected chi connectivity index (χ2v) is 8.07. The van der Waals surface area contributed by atoms with Gasteiger partial charge in [-0.15, -0.1) is 11.3 Å². The van der Waals surface area contributed by atoms with Crippen LogP contribution >= 0.6 is 11.3 Å². The van der Waals surface area contributed by atoms with Gasteiger partial charge in [-0.3, -0.25) is 4.79 Å². The Morgan fingerprint density at radius 2 is 1.58 bits per heavy atom. The average molecular weight is 372 g/mol. The molecular formula is C21H29N3OS. The van der Waals surface area contributed by atoms with E-state index in [1.165, 1.54) is 61.9 Å². The molecule has 0 unspecified atom stereocenters. The maximum absolute atomic E-state index is 12.2. The highest BCUT2D eigenvalue weighted by Gasteiger charge is 2.13. The van der Waals surface area contributed by atoms with Crippen molar-refractivity contribution in [3.63, 3.8) is 0 Å². The first-order valence-electron chi connectivity index (χ1n) is 9.88. The van der Waals surface area contributed by atoms with E-state index in [1.807, 2.05) is 30.3 Å². The fourth-order valence-corrected chi connectivity index (χ4v) is 4.43. The van der Waals surface area contributed by atoms with E-state index < -0.39 is 0 Å². The van der Waals surface area contributed by atoms with Gasteiger partial charge in [0, 0.05) is 10.6 Å². The molecule has 3 rings (SSSR count). The molecule has 0 aliphatic heterocycles. The summed E-state index contributed by atoms with van der Waals surface area (Å²) in [6, 6.07) is 9.79. The number of anilines is 2. The molecule has 0 saturated heterocycles. The largest absolute Gasteiger partial charge is 0.376 e. The van der Waals surface area contributed by atoms with Crippen LogP contribution in [0.15, 0.2) is 30.3 Å². The van der Waals surface area contributed by atoms with Crippen molar-refractivity contribution in [3.8, 4) is 0 Å². The molecule has 0 fully saturated rings. The van der Waals surface area contributed by atoms with Crippen molar-refractivity contribution in [2.45, 2.75) is 64.2 Å². The molecule has 5 heteroatoms. The van der Waals surface area contributed by atoms with Gasteiger partial charge in [0.1, 0.15) is 0 Å². The third kappa shape index (κ3) is 6.13. The Hall–Kier alpha value is -1.88.